The lowest BCUT2D eigenvalue weighted by Crippen LogP contribution is -2.12. The summed E-state index contributed by atoms with van der Waals surface area (Å²) in [6.07, 6.45) is 1.03. The Morgan fingerprint density at radius 2 is 2.19 bits per heavy atom. The summed E-state index contributed by atoms with van der Waals surface area (Å²) in [5.74, 6) is 2.83. The van der Waals surface area contributed by atoms with Crippen molar-refractivity contribution in [2.45, 2.75) is 13.3 Å². The van der Waals surface area contributed by atoms with Crippen LogP contribution in [0.25, 0.3) is 10.9 Å². The molecule has 1 aliphatic rings. The predicted molar refractivity (Wildman–Crippen MR) is 79.7 cm³/mol. The van der Waals surface area contributed by atoms with Gasteiger partial charge in [-0.3, -0.25) is 0 Å². The fourth-order valence-electron chi connectivity index (χ4n) is 2.48. The van der Waals surface area contributed by atoms with Gasteiger partial charge in [-0.2, -0.15) is 0 Å². The van der Waals surface area contributed by atoms with Crippen LogP contribution >= 0.6 is 0 Å². The second-order valence-electron chi connectivity index (χ2n) is 5.22. The zero-order chi connectivity index (χ0) is 14.8. The van der Waals surface area contributed by atoms with Crippen molar-refractivity contribution in [2.24, 2.45) is 5.92 Å². The number of ether oxygens (including phenoxy) is 3. The molecule has 6 nitrogen and oxygen atoms in total. The molecule has 6 heteroatoms. The van der Waals surface area contributed by atoms with E-state index >= 15 is 0 Å². The molecule has 0 amide bonds. The van der Waals surface area contributed by atoms with Gasteiger partial charge in [0.05, 0.1) is 25.8 Å². The number of rotatable bonds is 4. The summed E-state index contributed by atoms with van der Waals surface area (Å²) in [5, 5.41) is 0.777. The van der Waals surface area contributed by atoms with Crippen LogP contribution in [0.2, 0.25) is 0 Å². The number of benzene rings is 1. The van der Waals surface area contributed by atoms with Crippen molar-refractivity contribution in [1.82, 2.24) is 9.97 Å². The summed E-state index contributed by atoms with van der Waals surface area (Å²) in [6, 6.07) is 3.68. The standard InChI is InChI=1S/C15H19N3O3/c1-9-17-12-6-13(19-2)14(5-11(12)15(16)18-9)21-8-10-3-4-20-7-10/h5-6,10H,3-4,7-8H2,1-2H3,(H2,16,17,18). The van der Waals surface area contributed by atoms with Crippen molar-refractivity contribution < 1.29 is 14.2 Å². The Kier molecular flexibility index (Phi) is 3.79. The van der Waals surface area contributed by atoms with E-state index < -0.39 is 0 Å². The van der Waals surface area contributed by atoms with Gasteiger partial charge in [0.2, 0.25) is 0 Å². The Morgan fingerprint density at radius 3 is 2.90 bits per heavy atom. The lowest BCUT2D eigenvalue weighted by atomic mass is 10.1. The molecule has 1 saturated heterocycles. The first-order valence-electron chi connectivity index (χ1n) is 7.00. The zero-order valence-corrected chi connectivity index (χ0v) is 12.3. The summed E-state index contributed by atoms with van der Waals surface area (Å²) in [6.45, 7) is 3.98. The van der Waals surface area contributed by atoms with Crippen LogP contribution in [0.4, 0.5) is 5.82 Å². The first kappa shape index (κ1) is 13.9. The summed E-state index contributed by atoms with van der Waals surface area (Å²) in [7, 11) is 1.62. The van der Waals surface area contributed by atoms with E-state index in [0.717, 1.165) is 30.5 Å². The third kappa shape index (κ3) is 2.85. The number of nitrogens with two attached hydrogens (primary N) is 1. The quantitative estimate of drug-likeness (QED) is 0.926. The number of hydrogen-bond donors (Lipinski definition) is 1. The molecular weight excluding hydrogens is 270 g/mol. The van der Waals surface area contributed by atoms with E-state index in [-0.39, 0.29) is 0 Å². The second-order valence-corrected chi connectivity index (χ2v) is 5.22. The third-order valence-electron chi connectivity index (χ3n) is 3.62. The first-order chi connectivity index (χ1) is 10.2. The molecule has 1 aromatic carbocycles. The average Bonchev–Trinajstić information content (AvgIpc) is 2.97. The minimum Gasteiger partial charge on any atom is -0.493 e. The molecule has 0 saturated carbocycles. The fourth-order valence-corrected chi connectivity index (χ4v) is 2.48. The molecule has 3 rings (SSSR count). The number of fused-ring (bicyclic) bond motifs is 1. The smallest absolute Gasteiger partial charge is 0.162 e. The van der Waals surface area contributed by atoms with Gasteiger partial charge in [-0.05, 0) is 19.4 Å². The molecule has 1 aliphatic heterocycles. The number of nitrogens with zero attached hydrogens (tertiary/aromatic N) is 2. The van der Waals surface area contributed by atoms with E-state index in [4.69, 9.17) is 19.9 Å². The van der Waals surface area contributed by atoms with E-state index in [1.807, 2.05) is 19.1 Å². The minimum absolute atomic E-state index is 0.428. The van der Waals surface area contributed by atoms with E-state index in [2.05, 4.69) is 9.97 Å². The van der Waals surface area contributed by atoms with Gasteiger partial charge >= 0.3 is 0 Å². The molecule has 1 aromatic heterocycles. The summed E-state index contributed by atoms with van der Waals surface area (Å²) in [4.78, 5) is 8.56. The van der Waals surface area contributed by atoms with Crippen LogP contribution in [0.3, 0.4) is 0 Å². The summed E-state index contributed by atoms with van der Waals surface area (Å²) >= 11 is 0. The SMILES string of the molecule is COc1cc2nc(C)nc(N)c2cc1OCC1CCOC1. The van der Waals surface area contributed by atoms with Crippen LogP contribution in [-0.2, 0) is 4.74 Å². The largest absolute Gasteiger partial charge is 0.493 e. The normalized spacial score (nSPS) is 18.1. The van der Waals surface area contributed by atoms with Gasteiger partial charge in [-0.1, -0.05) is 0 Å². The maximum Gasteiger partial charge on any atom is 0.162 e. The number of aromatic nitrogens is 2. The van der Waals surface area contributed by atoms with E-state index in [9.17, 15) is 0 Å². The molecule has 0 bridgehead atoms. The van der Waals surface area contributed by atoms with Crippen LogP contribution in [0.5, 0.6) is 11.5 Å². The molecule has 1 atom stereocenters. The minimum atomic E-state index is 0.428. The van der Waals surface area contributed by atoms with E-state index in [1.54, 1.807) is 7.11 Å². The zero-order valence-electron chi connectivity index (χ0n) is 12.3. The highest BCUT2D eigenvalue weighted by molar-refractivity contribution is 5.90. The van der Waals surface area contributed by atoms with Crippen molar-refractivity contribution in [2.75, 3.05) is 32.7 Å². The van der Waals surface area contributed by atoms with Gasteiger partial charge in [0.1, 0.15) is 11.6 Å². The topological polar surface area (TPSA) is 79.5 Å². The Balaban J connectivity index is 1.92. The van der Waals surface area contributed by atoms with Crippen molar-refractivity contribution >= 4 is 16.7 Å². The van der Waals surface area contributed by atoms with Gasteiger partial charge in [0, 0.05) is 24.0 Å². The number of anilines is 1. The number of methoxy groups -OCH3 is 1. The summed E-state index contributed by atoms with van der Waals surface area (Å²) < 4.78 is 16.6. The Morgan fingerprint density at radius 1 is 1.33 bits per heavy atom. The fraction of sp³-hybridized carbons (Fsp3) is 0.467. The van der Waals surface area contributed by atoms with Gasteiger partial charge < -0.3 is 19.9 Å². The number of nitrogen functional groups attached to an aromatic ring is 1. The van der Waals surface area contributed by atoms with Gasteiger partial charge in [-0.15, -0.1) is 0 Å². The molecule has 21 heavy (non-hydrogen) atoms. The molecular formula is C15H19N3O3. The molecule has 2 N–H and O–H groups in total. The van der Waals surface area contributed by atoms with Crippen molar-refractivity contribution in [3.05, 3.63) is 18.0 Å². The van der Waals surface area contributed by atoms with Crippen molar-refractivity contribution in [3.8, 4) is 11.5 Å². The highest BCUT2D eigenvalue weighted by atomic mass is 16.5. The molecule has 0 radical (unpaired) electrons. The Labute approximate surface area is 123 Å². The van der Waals surface area contributed by atoms with Gasteiger partial charge in [-0.25, -0.2) is 9.97 Å². The second kappa shape index (κ2) is 5.73. The van der Waals surface area contributed by atoms with E-state index in [0.29, 0.717) is 35.7 Å². The first-order valence-corrected chi connectivity index (χ1v) is 7.00. The molecule has 112 valence electrons. The van der Waals surface area contributed by atoms with Crippen LogP contribution in [0.15, 0.2) is 12.1 Å². The van der Waals surface area contributed by atoms with Crippen LogP contribution < -0.4 is 15.2 Å². The monoisotopic (exact) mass is 289 g/mol. The van der Waals surface area contributed by atoms with Gasteiger partial charge in [0.25, 0.3) is 0 Å². The predicted octanol–water partition coefficient (Wildman–Crippen LogP) is 1.94. The maximum atomic E-state index is 5.97. The van der Waals surface area contributed by atoms with Crippen LogP contribution in [0.1, 0.15) is 12.2 Å². The Bertz CT molecular complexity index is 654. The highest BCUT2D eigenvalue weighted by Gasteiger charge is 2.18. The average molecular weight is 289 g/mol. The lowest BCUT2D eigenvalue weighted by Gasteiger charge is -2.14. The Hall–Kier alpha value is -2.08. The molecule has 1 fully saturated rings. The molecule has 0 aliphatic carbocycles. The van der Waals surface area contributed by atoms with Crippen molar-refractivity contribution in [3.63, 3.8) is 0 Å². The van der Waals surface area contributed by atoms with Crippen LogP contribution in [0, 0.1) is 12.8 Å². The molecule has 0 spiro atoms. The third-order valence-corrected chi connectivity index (χ3v) is 3.62. The molecule has 2 heterocycles. The maximum absolute atomic E-state index is 5.97. The van der Waals surface area contributed by atoms with E-state index in [1.165, 1.54) is 0 Å². The number of aryl methyl sites for hydroxylation is 1. The molecule has 1 unspecified atom stereocenters. The van der Waals surface area contributed by atoms with Crippen LogP contribution in [-0.4, -0.2) is 36.9 Å². The number of hydrogen-bond acceptors (Lipinski definition) is 6. The highest BCUT2D eigenvalue weighted by Crippen LogP contribution is 2.34. The van der Waals surface area contributed by atoms with Crippen molar-refractivity contribution in [1.29, 1.82) is 0 Å². The van der Waals surface area contributed by atoms with Gasteiger partial charge in [0.15, 0.2) is 11.5 Å². The summed E-state index contributed by atoms with van der Waals surface area (Å²) in [5.41, 5.74) is 6.73. The molecule has 2 aromatic rings. The lowest BCUT2D eigenvalue weighted by molar-refractivity contribution is 0.165.